The van der Waals surface area contributed by atoms with E-state index in [1.165, 1.54) is 0 Å². The molecular formula is C6H10N2O. The van der Waals surface area contributed by atoms with Crippen molar-refractivity contribution in [3.63, 3.8) is 0 Å². The third kappa shape index (κ3) is 6.99. The van der Waals surface area contributed by atoms with E-state index in [9.17, 15) is 4.79 Å². The van der Waals surface area contributed by atoms with E-state index < -0.39 is 0 Å². The van der Waals surface area contributed by atoms with Crippen LogP contribution in [0, 0.1) is 12.3 Å². The highest BCUT2D eigenvalue weighted by Crippen LogP contribution is 1.67. The van der Waals surface area contributed by atoms with Gasteiger partial charge in [0.05, 0.1) is 6.54 Å². The Kier molecular flexibility index (Phi) is 4.56. The predicted molar refractivity (Wildman–Crippen MR) is 35.5 cm³/mol. The van der Waals surface area contributed by atoms with Gasteiger partial charge in [-0.2, -0.15) is 0 Å². The summed E-state index contributed by atoms with van der Waals surface area (Å²) in [6.45, 7) is 0.862. The number of carbonyl (C=O) groups excluding carboxylic acids is 1. The Morgan fingerprint density at radius 1 is 1.78 bits per heavy atom. The van der Waals surface area contributed by atoms with Gasteiger partial charge in [0.15, 0.2) is 0 Å². The number of hydrogen-bond acceptors (Lipinski definition) is 2. The van der Waals surface area contributed by atoms with Crippen LogP contribution in [0.5, 0.6) is 0 Å². The van der Waals surface area contributed by atoms with E-state index in [0.717, 1.165) is 0 Å². The largest absolute Gasteiger partial charge is 0.369 e. The molecule has 3 nitrogen and oxygen atoms in total. The van der Waals surface area contributed by atoms with Crippen molar-refractivity contribution in [2.24, 2.45) is 5.73 Å². The summed E-state index contributed by atoms with van der Waals surface area (Å²) in [7, 11) is 0. The first-order chi connectivity index (χ1) is 4.27. The normalized spacial score (nSPS) is 8.33. The van der Waals surface area contributed by atoms with E-state index in [4.69, 9.17) is 12.2 Å². The first kappa shape index (κ1) is 7.99. The number of nitrogens with one attached hydrogen (secondary N) is 1. The van der Waals surface area contributed by atoms with Crippen LogP contribution >= 0.6 is 0 Å². The van der Waals surface area contributed by atoms with Gasteiger partial charge in [0.1, 0.15) is 0 Å². The maximum atomic E-state index is 10.1. The number of primary amides is 1. The molecule has 0 aromatic heterocycles. The molecule has 0 atom stereocenters. The fourth-order valence-corrected chi connectivity index (χ4v) is 0.372. The average Bonchev–Trinajstić information content (AvgIpc) is 1.80. The molecule has 0 bridgehead atoms. The number of hydrogen-bond donors (Lipinski definition) is 2. The van der Waals surface area contributed by atoms with Gasteiger partial charge in [-0.15, -0.1) is 12.3 Å². The standard InChI is InChI=1S/C6H10N2O/c1-2-3-4-8-5-6(7)9/h1,8H,3-5H2,(H2,7,9). The molecule has 0 aromatic carbocycles. The Morgan fingerprint density at radius 2 is 2.44 bits per heavy atom. The monoisotopic (exact) mass is 126 g/mol. The van der Waals surface area contributed by atoms with Gasteiger partial charge in [0.2, 0.25) is 5.91 Å². The van der Waals surface area contributed by atoms with Gasteiger partial charge in [-0.25, -0.2) is 0 Å². The van der Waals surface area contributed by atoms with E-state index in [-0.39, 0.29) is 12.5 Å². The summed E-state index contributed by atoms with van der Waals surface area (Å²) < 4.78 is 0. The second-order valence-electron chi connectivity index (χ2n) is 1.60. The molecule has 0 heterocycles. The zero-order chi connectivity index (χ0) is 7.11. The molecule has 0 aromatic rings. The van der Waals surface area contributed by atoms with Gasteiger partial charge < -0.3 is 11.1 Å². The van der Waals surface area contributed by atoms with Crippen molar-refractivity contribution in [3.05, 3.63) is 0 Å². The molecule has 0 saturated heterocycles. The van der Waals surface area contributed by atoms with Crippen LogP contribution in [-0.4, -0.2) is 19.0 Å². The van der Waals surface area contributed by atoms with Crippen LogP contribution in [-0.2, 0) is 4.79 Å². The average molecular weight is 126 g/mol. The lowest BCUT2D eigenvalue weighted by molar-refractivity contribution is -0.117. The summed E-state index contributed by atoms with van der Waals surface area (Å²) >= 11 is 0. The third-order valence-corrected chi connectivity index (χ3v) is 0.745. The summed E-state index contributed by atoms with van der Waals surface area (Å²) in [5.74, 6) is 2.07. The van der Waals surface area contributed by atoms with Gasteiger partial charge >= 0.3 is 0 Å². The molecule has 3 heteroatoms. The molecule has 0 spiro atoms. The van der Waals surface area contributed by atoms with Crippen LogP contribution < -0.4 is 11.1 Å². The van der Waals surface area contributed by atoms with Gasteiger partial charge in [0, 0.05) is 13.0 Å². The molecule has 0 aliphatic heterocycles. The van der Waals surface area contributed by atoms with Crippen molar-refractivity contribution in [2.75, 3.05) is 13.1 Å². The first-order valence-electron chi connectivity index (χ1n) is 2.70. The van der Waals surface area contributed by atoms with Crippen molar-refractivity contribution >= 4 is 5.91 Å². The highest BCUT2D eigenvalue weighted by Gasteiger charge is 1.88. The highest BCUT2D eigenvalue weighted by atomic mass is 16.1. The molecular weight excluding hydrogens is 116 g/mol. The van der Waals surface area contributed by atoms with Crippen LogP contribution in [0.1, 0.15) is 6.42 Å². The summed E-state index contributed by atoms with van der Waals surface area (Å²) in [5.41, 5.74) is 4.82. The number of amides is 1. The van der Waals surface area contributed by atoms with Crippen LogP contribution in [0.3, 0.4) is 0 Å². The maximum Gasteiger partial charge on any atom is 0.231 e. The summed E-state index contributed by atoms with van der Waals surface area (Å²) in [5, 5.41) is 2.77. The molecule has 1 amide bonds. The molecule has 0 unspecified atom stereocenters. The van der Waals surface area contributed by atoms with Gasteiger partial charge in [-0.3, -0.25) is 4.79 Å². The van der Waals surface area contributed by atoms with Gasteiger partial charge in [0.25, 0.3) is 0 Å². The van der Waals surface area contributed by atoms with Crippen LogP contribution in [0.25, 0.3) is 0 Å². The van der Waals surface area contributed by atoms with Gasteiger partial charge in [-0.05, 0) is 0 Å². The van der Waals surface area contributed by atoms with Crippen LogP contribution in [0.2, 0.25) is 0 Å². The molecule has 0 fully saturated rings. The first-order valence-corrected chi connectivity index (χ1v) is 2.70. The lowest BCUT2D eigenvalue weighted by Gasteiger charge is -1.95. The van der Waals surface area contributed by atoms with Crippen LogP contribution in [0.15, 0.2) is 0 Å². The fraction of sp³-hybridized carbons (Fsp3) is 0.500. The smallest absolute Gasteiger partial charge is 0.231 e. The molecule has 9 heavy (non-hydrogen) atoms. The highest BCUT2D eigenvalue weighted by molar-refractivity contribution is 5.75. The maximum absolute atomic E-state index is 10.1. The Hall–Kier alpha value is -1.01. The minimum absolute atomic E-state index is 0.210. The molecule has 0 aliphatic rings. The fourth-order valence-electron chi connectivity index (χ4n) is 0.372. The summed E-state index contributed by atoms with van der Waals surface area (Å²) in [4.78, 5) is 10.1. The van der Waals surface area contributed by atoms with E-state index in [2.05, 4.69) is 11.2 Å². The molecule has 0 aliphatic carbocycles. The van der Waals surface area contributed by atoms with E-state index >= 15 is 0 Å². The van der Waals surface area contributed by atoms with Crippen molar-refractivity contribution in [2.45, 2.75) is 6.42 Å². The zero-order valence-corrected chi connectivity index (χ0v) is 5.18. The number of rotatable bonds is 4. The minimum Gasteiger partial charge on any atom is -0.369 e. The molecule has 0 radical (unpaired) electrons. The Bertz CT molecular complexity index is 126. The van der Waals surface area contributed by atoms with E-state index in [0.29, 0.717) is 13.0 Å². The number of nitrogens with two attached hydrogens (primary N) is 1. The van der Waals surface area contributed by atoms with Crippen LogP contribution in [0.4, 0.5) is 0 Å². The predicted octanol–water partition coefficient (Wildman–Crippen LogP) is -0.915. The Balaban J connectivity index is 2.94. The lowest BCUT2D eigenvalue weighted by atomic mass is 10.4. The Morgan fingerprint density at radius 3 is 2.89 bits per heavy atom. The molecule has 3 N–H and O–H groups in total. The van der Waals surface area contributed by atoms with E-state index in [1.54, 1.807) is 0 Å². The number of terminal acetylenes is 1. The second-order valence-corrected chi connectivity index (χ2v) is 1.60. The van der Waals surface area contributed by atoms with Crippen molar-refractivity contribution in [1.82, 2.24) is 5.32 Å². The quantitative estimate of drug-likeness (QED) is 0.378. The molecule has 0 rings (SSSR count). The lowest BCUT2D eigenvalue weighted by Crippen LogP contribution is -2.28. The zero-order valence-electron chi connectivity index (χ0n) is 5.18. The SMILES string of the molecule is C#CCCNCC(N)=O. The minimum atomic E-state index is -0.355. The van der Waals surface area contributed by atoms with Crippen molar-refractivity contribution < 1.29 is 4.79 Å². The Labute approximate surface area is 54.6 Å². The van der Waals surface area contributed by atoms with Gasteiger partial charge in [-0.1, -0.05) is 0 Å². The summed E-state index contributed by atoms with van der Waals surface area (Å²) in [6.07, 6.45) is 5.57. The van der Waals surface area contributed by atoms with Crippen molar-refractivity contribution in [3.8, 4) is 12.3 Å². The molecule has 50 valence electrons. The summed E-state index contributed by atoms with van der Waals surface area (Å²) in [6, 6.07) is 0. The molecule has 0 saturated carbocycles. The van der Waals surface area contributed by atoms with Crippen molar-refractivity contribution in [1.29, 1.82) is 0 Å². The second kappa shape index (κ2) is 5.13. The third-order valence-electron chi connectivity index (χ3n) is 0.745. The van der Waals surface area contributed by atoms with E-state index in [1.807, 2.05) is 0 Å². The number of carbonyl (C=O) groups is 1. The topological polar surface area (TPSA) is 55.1 Å².